The van der Waals surface area contributed by atoms with Crippen molar-refractivity contribution in [2.24, 2.45) is 0 Å². The summed E-state index contributed by atoms with van der Waals surface area (Å²) in [5.41, 5.74) is 20.9. The van der Waals surface area contributed by atoms with E-state index >= 15 is 0 Å². The van der Waals surface area contributed by atoms with Crippen LogP contribution < -0.4 is 4.90 Å². The van der Waals surface area contributed by atoms with E-state index in [4.69, 9.17) is 0 Å². The normalized spacial score (nSPS) is 16.0. The van der Waals surface area contributed by atoms with Crippen LogP contribution in [0.4, 0.5) is 17.1 Å². The lowest BCUT2D eigenvalue weighted by atomic mass is 9.68. The summed E-state index contributed by atoms with van der Waals surface area (Å²) in [6.45, 7) is 14.4. The van der Waals surface area contributed by atoms with Crippen LogP contribution in [0.5, 0.6) is 0 Å². The Labute approximate surface area is 334 Å². The number of nitrogens with zero attached hydrogens (tertiary/aromatic N) is 2. The molecule has 2 aliphatic heterocycles. The molecular weight excluding hydrogens is 689 g/mol. The Morgan fingerprint density at radius 3 is 1.79 bits per heavy atom. The number of para-hydroxylation sites is 3. The Kier molecular flexibility index (Phi) is 6.29. The molecule has 3 aliphatic rings. The van der Waals surface area contributed by atoms with Gasteiger partial charge in [-0.15, -0.1) is 0 Å². The summed E-state index contributed by atoms with van der Waals surface area (Å²) in [7, 11) is 0. The van der Waals surface area contributed by atoms with Crippen molar-refractivity contribution in [3.8, 4) is 27.9 Å². The van der Waals surface area contributed by atoms with Crippen molar-refractivity contribution in [3.05, 3.63) is 191 Å². The van der Waals surface area contributed by atoms with Crippen LogP contribution in [0.1, 0.15) is 74.9 Å². The molecule has 0 fully saturated rings. The molecule has 0 radical (unpaired) electrons. The van der Waals surface area contributed by atoms with Gasteiger partial charge in [0.05, 0.1) is 16.7 Å². The minimum Gasteiger partial charge on any atom is -0.310 e. The SMILES string of the molecule is CC1(C)c2ccccc2-c2ccc(N(c3ccccc3)c3ccc4cc(-c5cc6c7c(c5)c5cccc8c5n7-c5c(cccc5C6(C)C)C8(C)C)ccc4c3)cc21. The number of benzene rings is 8. The van der Waals surface area contributed by atoms with E-state index in [-0.39, 0.29) is 16.2 Å². The summed E-state index contributed by atoms with van der Waals surface area (Å²) in [4.78, 5) is 2.41. The van der Waals surface area contributed by atoms with Gasteiger partial charge in [0.2, 0.25) is 0 Å². The lowest BCUT2D eigenvalue weighted by Gasteiger charge is -2.42. The van der Waals surface area contributed by atoms with E-state index in [0.29, 0.717) is 0 Å². The first kappa shape index (κ1) is 32.8. The molecule has 1 aromatic heterocycles. The van der Waals surface area contributed by atoms with Gasteiger partial charge in [0, 0.05) is 44.1 Å². The topological polar surface area (TPSA) is 8.17 Å². The minimum atomic E-state index is -0.153. The zero-order chi connectivity index (χ0) is 38.6. The summed E-state index contributed by atoms with van der Waals surface area (Å²) < 4.78 is 2.61. The van der Waals surface area contributed by atoms with Gasteiger partial charge in [-0.25, -0.2) is 0 Å². The van der Waals surface area contributed by atoms with Gasteiger partial charge < -0.3 is 9.47 Å². The largest absolute Gasteiger partial charge is 0.310 e. The minimum absolute atomic E-state index is 0.0723. The molecule has 12 rings (SSSR count). The maximum absolute atomic E-state index is 2.61. The van der Waals surface area contributed by atoms with Crippen LogP contribution in [0, 0.1) is 0 Å². The van der Waals surface area contributed by atoms with Gasteiger partial charge in [0.25, 0.3) is 0 Å². The first-order chi connectivity index (χ1) is 27.5. The van der Waals surface area contributed by atoms with Gasteiger partial charge in [0.1, 0.15) is 0 Å². The molecule has 9 aromatic rings. The highest BCUT2D eigenvalue weighted by molar-refractivity contribution is 6.15. The second-order valence-electron chi connectivity index (χ2n) is 18.2. The third kappa shape index (κ3) is 4.20. The predicted octanol–water partition coefficient (Wildman–Crippen LogP) is 14.7. The van der Waals surface area contributed by atoms with Crippen molar-refractivity contribution in [1.29, 1.82) is 0 Å². The van der Waals surface area contributed by atoms with Gasteiger partial charge in [-0.2, -0.15) is 0 Å². The lowest BCUT2D eigenvalue weighted by Crippen LogP contribution is -2.33. The molecule has 0 amide bonds. The molecule has 0 unspecified atom stereocenters. The van der Waals surface area contributed by atoms with Crippen LogP contribution in [0.15, 0.2) is 158 Å². The first-order valence-electron chi connectivity index (χ1n) is 20.4. The Morgan fingerprint density at radius 2 is 0.965 bits per heavy atom. The van der Waals surface area contributed by atoms with Crippen LogP contribution in [-0.2, 0) is 16.2 Å². The van der Waals surface area contributed by atoms with E-state index in [1.807, 2.05) is 0 Å². The highest BCUT2D eigenvalue weighted by atomic mass is 15.1. The summed E-state index contributed by atoms with van der Waals surface area (Å²) in [5.74, 6) is 0. The highest BCUT2D eigenvalue weighted by Crippen LogP contribution is 2.56. The van der Waals surface area contributed by atoms with E-state index < -0.39 is 0 Å². The fourth-order valence-electron chi connectivity index (χ4n) is 11.1. The Balaban J connectivity index is 1.00. The molecule has 0 N–H and O–H groups in total. The number of aromatic nitrogens is 1. The summed E-state index contributed by atoms with van der Waals surface area (Å²) in [6.07, 6.45) is 0. The molecule has 2 nitrogen and oxygen atoms in total. The van der Waals surface area contributed by atoms with E-state index in [2.05, 4.69) is 209 Å². The maximum Gasteiger partial charge on any atom is 0.0582 e. The molecular formula is C55H44N2. The molecule has 8 aromatic carbocycles. The third-order valence-corrected chi connectivity index (χ3v) is 14.1. The maximum atomic E-state index is 2.61. The average Bonchev–Trinajstić information content (AvgIpc) is 3.68. The van der Waals surface area contributed by atoms with Crippen molar-refractivity contribution in [1.82, 2.24) is 4.57 Å². The van der Waals surface area contributed by atoms with Gasteiger partial charge in [0.15, 0.2) is 0 Å². The molecule has 0 saturated heterocycles. The van der Waals surface area contributed by atoms with Crippen molar-refractivity contribution in [2.75, 3.05) is 4.90 Å². The van der Waals surface area contributed by atoms with Crippen LogP contribution in [0.3, 0.4) is 0 Å². The summed E-state index contributed by atoms with van der Waals surface area (Å²) in [6, 6.07) is 59.6. The van der Waals surface area contributed by atoms with E-state index in [1.165, 1.54) is 99.6 Å². The van der Waals surface area contributed by atoms with Crippen molar-refractivity contribution < 1.29 is 0 Å². The van der Waals surface area contributed by atoms with Crippen LogP contribution >= 0.6 is 0 Å². The van der Waals surface area contributed by atoms with E-state index in [0.717, 1.165) is 11.4 Å². The highest BCUT2D eigenvalue weighted by Gasteiger charge is 2.43. The zero-order valence-electron chi connectivity index (χ0n) is 33.4. The van der Waals surface area contributed by atoms with Crippen molar-refractivity contribution >= 4 is 49.6 Å². The number of hydrogen-bond donors (Lipinski definition) is 0. The number of fused-ring (bicyclic) bond motifs is 5. The Hall–Kier alpha value is -6.38. The summed E-state index contributed by atoms with van der Waals surface area (Å²) >= 11 is 0. The van der Waals surface area contributed by atoms with Crippen LogP contribution in [0.2, 0.25) is 0 Å². The quantitative estimate of drug-likeness (QED) is 0.175. The predicted molar refractivity (Wildman–Crippen MR) is 240 cm³/mol. The van der Waals surface area contributed by atoms with Gasteiger partial charge in [-0.05, 0) is 121 Å². The second-order valence-corrected chi connectivity index (χ2v) is 18.2. The van der Waals surface area contributed by atoms with Crippen LogP contribution in [0.25, 0.3) is 60.5 Å². The molecule has 2 heteroatoms. The summed E-state index contributed by atoms with van der Waals surface area (Å²) in [5, 5.41) is 5.16. The third-order valence-electron chi connectivity index (χ3n) is 14.1. The van der Waals surface area contributed by atoms with E-state index in [9.17, 15) is 0 Å². The Morgan fingerprint density at radius 1 is 0.368 bits per heavy atom. The molecule has 1 aliphatic carbocycles. The van der Waals surface area contributed by atoms with Crippen molar-refractivity contribution in [2.45, 2.75) is 57.8 Å². The molecule has 3 heterocycles. The standard InChI is InChI=1S/C55H44N2/c1-53(2)44-18-11-10-16-40(44)41-27-26-39(32-48(41)53)56(37-14-8-7-9-15-37)38-25-24-33-28-34(22-23-35(33)29-38)36-30-43-42-17-12-19-45-50(42)57-51(43)49(31-36)55(5,6)47-21-13-20-46(52(47)57)54(45,3)4/h7-32H,1-6H3. The molecule has 0 bridgehead atoms. The second kappa shape index (κ2) is 10.9. The molecule has 0 atom stereocenters. The lowest BCUT2D eigenvalue weighted by molar-refractivity contribution is 0.594. The number of rotatable bonds is 4. The molecule has 0 spiro atoms. The van der Waals surface area contributed by atoms with Crippen molar-refractivity contribution in [3.63, 3.8) is 0 Å². The van der Waals surface area contributed by atoms with Crippen LogP contribution in [-0.4, -0.2) is 4.57 Å². The number of anilines is 3. The molecule has 0 saturated carbocycles. The molecule has 57 heavy (non-hydrogen) atoms. The smallest absolute Gasteiger partial charge is 0.0582 e. The Bertz CT molecular complexity index is 3210. The van der Waals surface area contributed by atoms with Gasteiger partial charge in [-0.1, -0.05) is 145 Å². The number of hydrogen-bond acceptors (Lipinski definition) is 1. The monoisotopic (exact) mass is 732 g/mol. The molecule has 274 valence electrons. The van der Waals surface area contributed by atoms with Gasteiger partial charge in [-0.3, -0.25) is 0 Å². The zero-order valence-corrected chi connectivity index (χ0v) is 33.4. The first-order valence-corrected chi connectivity index (χ1v) is 20.4. The van der Waals surface area contributed by atoms with E-state index in [1.54, 1.807) is 0 Å². The average molecular weight is 733 g/mol. The van der Waals surface area contributed by atoms with Gasteiger partial charge >= 0.3 is 0 Å². The fraction of sp³-hybridized carbons (Fsp3) is 0.164. The fourth-order valence-corrected chi connectivity index (χ4v) is 11.1.